The maximum atomic E-state index is 13.0. The van der Waals surface area contributed by atoms with Gasteiger partial charge in [-0.15, -0.1) is 0 Å². The Morgan fingerprint density at radius 3 is 2.62 bits per heavy atom. The summed E-state index contributed by atoms with van der Waals surface area (Å²) < 4.78 is 14.6. The molecule has 2 nitrogen and oxygen atoms in total. The smallest absolute Gasteiger partial charge is 0.125 e. The zero-order valence-corrected chi connectivity index (χ0v) is 9.66. The lowest BCUT2D eigenvalue weighted by molar-refractivity contribution is 0.559. The molecule has 0 spiro atoms. The highest BCUT2D eigenvalue weighted by Crippen LogP contribution is 2.20. The summed E-state index contributed by atoms with van der Waals surface area (Å²) in [5.74, 6) is -0.265. The Morgan fingerprint density at radius 2 is 2.06 bits per heavy atom. The number of hydrogen-bond donors (Lipinski definition) is 0. The van der Waals surface area contributed by atoms with Gasteiger partial charge >= 0.3 is 0 Å². The van der Waals surface area contributed by atoms with E-state index in [2.05, 4.69) is 32.1 Å². The second kappa shape index (κ2) is 3.74. The van der Waals surface area contributed by atoms with Crippen LogP contribution in [0.3, 0.4) is 0 Å². The molecule has 0 aliphatic heterocycles. The zero-order chi connectivity index (χ0) is 11.8. The van der Waals surface area contributed by atoms with Crippen LogP contribution in [0.5, 0.6) is 0 Å². The summed E-state index contributed by atoms with van der Waals surface area (Å²) in [6.07, 6.45) is 2.99. The highest BCUT2D eigenvalue weighted by Gasteiger charge is 2.17. The third-order valence-corrected chi connectivity index (χ3v) is 2.35. The van der Waals surface area contributed by atoms with Crippen molar-refractivity contribution in [3.63, 3.8) is 0 Å². The molecule has 0 unspecified atom stereocenters. The highest BCUT2D eigenvalue weighted by atomic mass is 19.1. The van der Waals surface area contributed by atoms with Crippen molar-refractivity contribution in [2.24, 2.45) is 0 Å². The van der Waals surface area contributed by atoms with Crippen LogP contribution in [0.15, 0.2) is 30.3 Å². The minimum Gasteiger partial charge on any atom is -0.231 e. The minimum absolute atomic E-state index is 0.0188. The Hall–Kier alpha value is -1.64. The predicted octanol–water partition coefficient (Wildman–Crippen LogP) is 3.11. The monoisotopic (exact) mass is 217 g/mol. The standard InChI is InChI=1S/C13H14FN2/c1-13(2,3)12-7-8-16(15-12)11-6-4-5-10(14)9-11/h4-7,9H,1-3H3. The van der Waals surface area contributed by atoms with Gasteiger partial charge in [-0.3, -0.25) is 0 Å². The largest absolute Gasteiger partial charge is 0.231 e. The maximum absolute atomic E-state index is 13.0. The molecule has 0 atom stereocenters. The molecule has 1 radical (unpaired) electrons. The van der Waals surface area contributed by atoms with Crippen LogP contribution in [0.2, 0.25) is 0 Å². The van der Waals surface area contributed by atoms with Gasteiger partial charge in [-0.05, 0) is 24.3 Å². The van der Waals surface area contributed by atoms with Gasteiger partial charge in [0.15, 0.2) is 0 Å². The summed E-state index contributed by atoms with van der Waals surface area (Å²) in [7, 11) is 0. The Balaban J connectivity index is 2.39. The van der Waals surface area contributed by atoms with E-state index in [0.29, 0.717) is 5.69 Å². The van der Waals surface area contributed by atoms with E-state index in [4.69, 9.17) is 0 Å². The molecule has 2 rings (SSSR count). The van der Waals surface area contributed by atoms with E-state index in [1.807, 2.05) is 6.07 Å². The normalized spacial score (nSPS) is 11.8. The van der Waals surface area contributed by atoms with Gasteiger partial charge in [0.05, 0.1) is 17.6 Å². The first-order valence-electron chi connectivity index (χ1n) is 5.21. The van der Waals surface area contributed by atoms with Gasteiger partial charge in [-0.25, -0.2) is 9.07 Å². The SMILES string of the molecule is CC(C)(C)c1c[c]n(-c2cccc(F)c2)n1. The lowest BCUT2D eigenvalue weighted by Crippen LogP contribution is -2.12. The van der Waals surface area contributed by atoms with Crippen molar-refractivity contribution < 1.29 is 4.39 Å². The third kappa shape index (κ3) is 2.13. The minimum atomic E-state index is -0.265. The Kier molecular flexibility index (Phi) is 2.54. The molecule has 0 fully saturated rings. The number of halogens is 1. The van der Waals surface area contributed by atoms with E-state index in [-0.39, 0.29) is 11.2 Å². The number of nitrogens with zero attached hydrogens (tertiary/aromatic N) is 2. The molecule has 0 amide bonds. The van der Waals surface area contributed by atoms with Crippen LogP contribution in [-0.4, -0.2) is 9.78 Å². The molecular weight excluding hydrogens is 203 g/mol. The molecule has 2 aromatic rings. The first-order valence-corrected chi connectivity index (χ1v) is 5.21. The summed E-state index contributed by atoms with van der Waals surface area (Å²) >= 11 is 0. The van der Waals surface area contributed by atoms with Gasteiger partial charge in [0.1, 0.15) is 5.82 Å². The molecule has 16 heavy (non-hydrogen) atoms. The van der Waals surface area contributed by atoms with Gasteiger partial charge < -0.3 is 0 Å². The van der Waals surface area contributed by atoms with E-state index in [0.717, 1.165) is 5.69 Å². The van der Waals surface area contributed by atoms with Crippen LogP contribution in [-0.2, 0) is 5.41 Å². The van der Waals surface area contributed by atoms with Crippen LogP contribution in [0, 0.1) is 12.0 Å². The Bertz CT molecular complexity index is 495. The lowest BCUT2D eigenvalue weighted by Gasteiger charge is -2.14. The zero-order valence-electron chi connectivity index (χ0n) is 9.66. The van der Waals surface area contributed by atoms with Crippen molar-refractivity contribution in [2.75, 3.05) is 0 Å². The fourth-order valence-corrected chi connectivity index (χ4v) is 1.39. The van der Waals surface area contributed by atoms with Gasteiger partial charge in [-0.1, -0.05) is 26.8 Å². The average Bonchev–Trinajstić information content (AvgIpc) is 2.65. The van der Waals surface area contributed by atoms with Crippen molar-refractivity contribution in [1.29, 1.82) is 0 Å². The van der Waals surface area contributed by atoms with Crippen molar-refractivity contribution in [3.8, 4) is 5.69 Å². The van der Waals surface area contributed by atoms with Crippen molar-refractivity contribution in [2.45, 2.75) is 26.2 Å². The average molecular weight is 217 g/mol. The second-order valence-corrected chi connectivity index (χ2v) is 4.80. The molecule has 0 aliphatic rings. The highest BCUT2D eigenvalue weighted by molar-refractivity contribution is 5.31. The van der Waals surface area contributed by atoms with E-state index >= 15 is 0 Å². The molecule has 0 aliphatic carbocycles. The summed E-state index contributed by atoms with van der Waals surface area (Å²) in [6.45, 7) is 6.25. The summed E-state index contributed by atoms with van der Waals surface area (Å²) in [4.78, 5) is 0. The first kappa shape index (κ1) is 10.9. The third-order valence-electron chi connectivity index (χ3n) is 2.35. The number of aromatic nitrogens is 2. The summed E-state index contributed by atoms with van der Waals surface area (Å²) in [6, 6.07) is 8.16. The summed E-state index contributed by atoms with van der Waals surface area (Å²) in [5.41, 5.74) is 1.61. The van der Waals surface area contributed by atoms with E-state index < -0.39 is 0 Å². The van der Waals surface area contributed by atoms with Crippen LogP contribution < -0.4 is 0 Å². The Morgan fingerprint density at radius 1 is 1.31 bits per heavy atom. The topological polar surface area (TPSA) is 17.8 Å². The molecule has 1 aromatic heterocycles. The summed E-state index contributed by atoms with van der Waals surface area (Å²) in [5, 5.41) is 4.39. The number of rotatable bonds is 1. The van der Waals surface area contributed by atoms with Crippen LogP contribution in [0.1, 0.15) is 26.5 Å². The fourth-order valence-electron chi connectivity index (χ4n) is 1.39. The number of hydrogen-bond acceptors (Lipinski definition) is 1. The van der Waals surface area contributed by atoms with E-state index in [1.54, 1.807) is 16.8 Å². The van der Waals surface area contributed by atoms with Crippen molar-refractivity contribution in [1.82, 2.24) is 9.78 Å². The van der Waals surface area contributed by atoms with Gasteiger partial charge in [-0.2, -0.15) is 5.10 Å². The second-order valence-electron chi connectivity index (χ2n) is 4.80. The van der Waals surface area contributed by atoms with Gasteiger partial charge in [0, 0.05) is 5.41 Å². The molecular formula is C13H14FN2. The molecule has 0 saturated heterocycles. The van der Waals surface area contributed by atoms with Crippen molar-refractivity contribution in [3.05, 3.63) is 48.0 Å². The van der Waals surface area contributed by atoms with Gasteiger partial charge in [0.2, 0.25) is 0 Å². The predicted molar refractivity (Wildman–Crippen MR) is 61.1 cm³/mol. The lowest BCUT2D eigenvalue weighted by atomic mass is 9.93. The van der Waals surface area contributed by atoms with E-state index in [1.165, 1.54) is 12.1 Å². The van der Waals surface area contributed by atoms with Crippen molar-refractivity contribution >= 4 is 0 Å². The fraction of sp³-hybridized carbons (Fsp3) is 0.308. The molecule has 3 heteroatoms. The maximum Gasteiger partial charge on any atom is 0.125 e. The Labute approximate surface area is 94.7 Å². The number of benzene rings is 1. The van der Waals surface area contributed by atoms with Crippen LogP contribution in [0.25, 0.3) is 5.69 Å². The van der Waals surface area contributed by atoms with Crippen LogP contribution >= 0.6 is 0 Å². The van der Waals surface area contributed by atoms with Gasteiger partial charge in [0.25, 0.3) is 0 Å². The van der Waals surface area contributed by atoms with Crippen LogP contribution in [0.4, 0.5) is 4.39 Å². The van der Waals surface area contributed by atoms with E-state index in [9.17, 15) is 4.39 Å². The molecule has 0 N–H and O–H groups in total. The molecule has 1 heterocycles. The molecule has 0 saturated carbocycles. The quantitative estimate of drug-likeness (QED) is 0.717. The molecule has 0 bridgehead atoms. The first-order chi connectivity index (χ1) is 7.47. The molecule has 83 valence electrons. The molecule has 1 aromatic carbocycles.